The van der Waals surface area contributed by atoms with E-state index in [4.69, 9.17) is 16.3 Å². The average Bonchev–Trinajstić information content (AvgIpc) is 2.30. The number of benzene rings is 1. The lowest BCUT2D eigenvalue weighted by atomic mass is 9.99. The van der Waals surface area contributed by atoms with Crippen molar-refractivity contribution in [3.05, 3.63) is 29.0 Å². The van der Waals surface area contributed by atoms with E-state index in [9.17, 15) is 9.50 Å². The molecule has 1 N–H and O–H groups in total. The van der Waals surface area contributed by atoms with Gasteiger partial charge < -0.3 is 9.84 Å². The number of hydrogen-bond donors (Lipinski definition) is 1. The van der Waals surface area contributed by atoms with Gasteiger partial charge in [-0.15, -0.1) is 0 Å². The number of ether oxygens (including phenoxy) is 1. The van der Waals surface area contributed by atoms with E-state index < -0.39 is 11.4 Å². The van der Waals surface area contributed by atoms with Gasteiger partial charge in [-0.05, 0) is 25.0 Å². The van der Waals surface area contributed by atoms with Gasteiger partial charge in [0, 0.05) is 6.07 Å². The Morgan fingerprint density at radius 2 is 2.00 bits per heavy atom. The topological polar surface area (TPSA) is 29.5 Å². The number of rotatable bonds is 5. The Balaban J connectivity index is 2.64. The first-order valence-corrected chi connectivity index (χ1v) is 5.69. The van der Waals surface area contributed by atoms with Gasteiger partial charge in [-0.1, -0.05) is 25.4 Å². The normalized spacial score (nSPS) is 11.6. The molecule has 0 amide bonds. The lowest BCUT2D eigenvalue weighted by Crippen LogP contribution is -2.34. The molecule has 1 rings (SSSR count). The molecule has 90 valence electrons. The van der Waals surface area contributed by atoms with Gasteiger partial charge in [0.25, 0.3) is 0 Å². The molecule has 0 radical (unpaired) electrons. The third-order valence-electron chi connectivity index (χ3n) is 2.71. The molecule has 0 aliphatic rings. The van der Waals surface area contributed by atoms with Crippen LogP contribution >= 0.6 is 11.6 Å². The third-order valence-corrected chi connectivity index (χ3v) is 3.00. The molecule has 0 atom stereocenters. The Hall–Kier alpha value is -0.800. The molecule has 0 bridgehead atoms. The molecule has 4 heteroatoms. The maximum Gasteiger partial charge on any atom is 0.142 e. The van der Waals surface area contributed by atoms with Crippen molar-refractivity contribution >= 4 is 11.6 Å². The van der Waals surface area contributed by atoms with Gasteiger partial charge in [-0.2, -0.15) is 0 Å². The van der Waals surface area contributed by atoms with Crippen LogP contribution in [-0.2, 0) is 0 Å². The Morgan fingerprint density at radius 1 is 1.38 bits per heavy atom. The summed E-state index contributed by atoms with van der Waals surface area (Å²) >= 11 is 5.61. The summed E-state index contributed by atoms with van der Waals surface area (Å²) in [5, 5.41) is 10.0. The van der Waals surface area contributed by atoms with E-state index in [0.29, 0.717) is 18.6 Å². The smallest absolute Gasteiger partial charge is 0.142 e. The average molecular weight is 247 g/mol. The molecule has 1 aromatic rings. The van der Waals surface area contributed by atoms with Crippen LogP contribution in [-0.4, -0.2) is 17.3 Å². The van der Waals surface area contributed by atoms with Crippen LogP contribution < -0.4 is 4.74 Å². The Labute approximate surface area is 100.0 Å². The van der Waals surface area contributed by atoms with E-state index >= 15 is 0 Å². The highest BCUT2D eigenvalue weighted by atomic mass is 35.5. The monoisotopic (exact) mass is 246 g/mol. The molecule has 0 unspecified atom stereocenters. The van der Waals surface area contributed by atoms with E-state index in [-0.39, 0.29) is 11.6 Å². The Bertz CT molecular complexity index is 351. The van der Waals surface area contributed by atoms with Gasteiger partial charge >= 0.3 is 0 Å². The molecule has 1 aromatic carbocycles. The first kappa shape index (κ1) is 13.3. The fraction of sp³-hybridized carbons (Fsp3) is 0.500. The summed E-state index contributed by atoms with van der Waals surface area (Å²) in [7, 11) is 0. The first-order chi connectivity index (χ1) is 7.50. The van der Waals surface area contributed by atoms with Crippen LogP contribution in [0.5, 0.6) is 5.75 Å². The van der Waals surface area contributed by atoms with Crippen molar-refractivity contribution in [2.75, 3.05) is 6.61 Å². The van der Waals surface area contributed by atoms with Crippen molar-refractivity contribution in [2.45, 2.75) is 32.3 Å². The molecule has 0 fully saturated rings. The van der Waals surface area contributed by atoms with Crippen LogP contribution in [0.25, 0.3) is 0 Å². The molecular weight excluding hydrogens is 231 g/mol. The second-order valence-electron chi connectivity index (χ2n) is 3.80. The molecule has 0 saturated heterocycles. The zero-order valence-electron chi connectivity index (χ0n) is 9.46. The molecule has 2 nitrogen and oxygen atoms in total. The van der Waals surface area contributed by atoms with Crippen molar-refractivity contribution in [1.82, 2.24) is 0 Å². The van der Waals surface area contributed by atoms with Crippen molar-refractivity contribution in [1.29, 1.82) is 0 Å². The number of hydrogen-bond acceptors (Lipinski definition) is 2. The van der Waals surface area contributed by atoms with E-state index in [1.54, 1.807) is 0 Å². The van der Waals surface area contributed by atoms with Crippen molar-refractivity contribution in [3.8, 4) is 5.75 Å². The summed E-state index contributed by atoms with van der Waals surface area (Å²) in [6.07, 6.45) is 1.22. The Kier molecular flexibility index (Phi) is 4.56. The first-order valence-electron chi connectivity index (χ1n) is 5.31. The quantitative estimate of drug-likeness (QED) is 0.863. The van der Waals surface area contributed by atoms with Gasteiger partial charge in [-0.3, -0.25) is 0 Å². The van der Waals surface area contributed by atoms with Gasteiger partial charge in [0.15, 0.2) is 0 Å². The minimum atomic E-state index is -0.832. The summed E-state index contributed by atoms with van der Waals surface area (Å²) in [5.41, 5.74) is -0.832. The summed E-state index contributed by atoms with van der Waals surface area (Å²) in [6, 6.07) is 4.14. The predicted octanol–water partition coefficient (Wildman–Crippen LogP) is 3.41. The van der Waals surface area contributed by atoms with Crippen LogP contribution in [0.2, 0.25) is 5.02 Å². The molecule has 16 heavy (non-hydrogen) atoms. The van der Waals surface area contributed by atoms with E-state index in [0.717, 1.165) is 0 Å². The largest absolute Gasteiger partial charge is 0.491 e. The highest BCUT2D eigenvalue weighted by Crippen LogP contribution is 2.23. The molecule has 0 saturated carbocycles. The molecule has 0 aliphatic heterocycles. The van der Waals surface area contributed by atoms with Crippen LogP contribution in [0.4, 0.5) is 4.39 Å². The summed E-state index contributed by atoms with van der Waals surface area (Å²) in [6.45, 7) is 3.97. The third kappa shape index (κ3) is 3.35. The molecular formula is C12H16ClFO2. The number of halogens is 2. The molecule has 0 aliphatic carbocycles. The SMILES string of the molecule is CCC(O)(CC)COc1ccc(F)c(Cl)c1. The lowest BCUT2D eigenvalue weighted by Gasteiger charge is -2.25. The molecule has 0 spiro atoms. The van der Waals surface area contributed by atoms with Gasteiger partial charge in [0.2, 0.25) is 0 Å². The van der Waals surface area contributed by atoms with E-state index in [1.807, 2.05) is 13.8 Å². The van der Waals surface area contributed by atoms with Crippen LogP contribution in [0.3, 0.4) is 0 Å². The summed E-state index contributed by atoms with van der Waals surface area (Å²) < 4.78 is 18.3. The highest BCUT2D eigenvalue weighted by molar-refractivity contribution is 6.30. The van der Waals surface area contributed by atoms with Crippen LogP contribution in [0.15, 0.2) is 18.2 Å². The predicted molar refractivity (Wildman–Crippen MR) is 62.4 cm³/mol. The fourth-order valence-corrected chi connectivity index (χ4v) is 1.41. The van der Waals surface area contributed by atoms with Gasteiger partial charge in [0.05, 0.1) is 10.6 Å². The summed E-state index contributed by atoms with van der Waals surface area (Å²) in [5.74, 6) is -0.0120. The minimum absolute atomic E-state index is 0.0223. The van der Waals surface area contributed by atoms with E-state index in [1.165, 1.54) is 18.2 Å². The lowest BCUT2D eigenvalue weighted by molar-refractivity contribution is -0.0113. The highest BCUT2D eigenvalue weighted by Gasteiger charge is 2.23. The molecule has 0 heterocycles. The maximum absolute atomic E-state index is 12.9. The van der Waals surface area contributed by atoms with Crippen LogP contribution in [0.1, 0.15) is 26.7 Å². The summed E-state index contributed by atoms with van der Waals surface area (Å²) in [4.78, 5) is 0. The fourth-order valence-electron chi connectivity index (χ4n) is 1.24. The van der Waals surface area contributed by atoms with Gasteiger partial charge in [-0.25, -0.2) is 4.39 Å². The van der Waals surface area contributed by atoms with E-state index in [2.05, 4.69) is 0 Å². The zero-order valence-corrected chi connectivity index (χ0v) is 10.2. The zero-order chi connectivity index (χ0) is 12.2. The Morgan fingerprint density at radius 3 is 2.50 bits per heavy atom. The second-order valence-corrected chi connectivity index (χ2v) is 4.20. The second kappa shape index (κ2) is 5.51. The van der Waals surface area contributed by atoms with Crippen molar-refractivity contribution in [3.63, 3.8) is 0 Å². The van der Waals surface area contributed by atoms with Crippen molar-refractivity contribution < 1.29 is 14.2 Å². The number of aliphatic hydroxyl groups is 1. The molecule has 0 aromatic heterocycles. The maximum atomic E-state index is 12.9. The minimum Gasteiger partial charge on any atom is -0.491 e. The van der Waals surface area contributed by atoms with Gasteiger partial charge in [0.1, 0.15) is 18.2 Å². The van der Waals surface area contributed by atoms with Crippen molar-refractivity contribution in [2.24, 2.45) is 0 Å². The standard InChI is InChI=1S/C12H16ClFO2/c1-3-12(15,4-2)8-16-9-5-6-11(14)10(13)7-9/h5-7,15H,3-4,8H2,1-2H3. The van der Waals surface area contributed by atoms with Crippen LogP contribution in [0, 0.1) is 5.82 Å².